The van der Waals surface area contributed by atoms with Gasteiger partial charge in [0.1, 0.15) is 0 Å². The summed E-state index contributed by atoms with van der Waals surface area (Å²) in [6.45, 7) is 11.3. The van der Waals surface area contributed by atoms with E-state index >= 15 is 0 Å². The first kappa shape index (κ1) is 11.5. The molecule has 1 rings (SSSR count). The van der Waals surface area contributed by atoms with Gasteiger partial charge in [-0.25, -0.2) is 0 Å². The van der Waals surface area contributed by atoms with Crippen LogP contribution in [0.25, 0.3) is 0 Å². The highest BCUT2D eigenvalue weighted by Crippen LogP contribution is 2.25. The van der Waals surface area contributed by atoms with Crippen molar-refractivity contribution in [2.45, 2.75) is 33.2 Å². The molecule has 0 aromatic rings. The average Bonchev–Trinajstić information content (AvgIpc) is 2.09. The molecule has 0 saturated carbocycles. The summed E-state index contributed by atoms with van der Waals surface area (Å²) in [6.07, 6.45) is 0. The molecule has 14 heavy (non-hydrogen) atoms. The smallest absolute Gasteiger partial charge is 0.236 e. The van der Waals surface area contributed by atoms with Gasteiger partial charge in [-0.2, -0.15) is 0 Å². The summed E-state index contributed by atoms with van der Waals surface area (Å²) in [5.74, 6) is 0.809. The lowest BCUT2D eigenvalue weighted by Crippen LogP contribution is -2.57. The Kier molecular flexibility index (Phi) is 3.20. The predicted molar refractivity (Wildman–Crippen MR) is 58.1 cm³/mol. The van der Waals surface area contributed by atoms with Gasteiger partial charge in [-0.1, -0.05) is 13.8 Å². The first-order valence-corrected chi connectivity index (χ1v) is 5.34. The van der Waals surface area contributed by atoms with Gasteiger partial charge < -0.3 is 4.90 Å². The summed E-state index contributed by atoms with van der Waals surface area (Å²) < 4.78 is 0. The summed E-state index contributed by atoms with van der Waals surface area (Å²) in [6, 6.07) is 0. The minimum atomic E-state index is 0.122. The van der Waals surface area contributed by atoms with E-state index in [4.69, 9.17) is 0 Å². The van der Waals surface area contributed by atoms with Crippen LogP contribution in [0.1, 0.15) is 27.7 Å². The third kappa shape index (κ3) is 2.08. The van der Waals surface area contributed by atoms with Crippen LogP contribution in [0, 0.1) is 5.92 Å². The van der Waals surface area contributed by atoms with Gasteiger partial charge in [0.25, 0.3) is 0 Å². The molecule has 0 spiro atoms. The Balaban J connectivity index is 2.67. The maximum Gasteiger partial charge on any atom is 0.236 e. The van der Waals surface area contributed by atoms with Gasteiger partial charge in [-0.15, -0.1) is 0 Å². The van der Waals surface area contributed by atoms with E-state index in [-0.39, 0.29) is 11.4 Å². The van der Waals surface area contributed by atoms with E-state index in [1.54, 1.807) is 0 Å². The molecule has 0 unspecified atom stereocenters. The van der Waals surface area contributed by atoms with E-state index in [1.165, 1.54) is 0 Å². The van der Waals surface area contributed by atoms with Crippen LogP contribution in [0.2, 0.25) is 0 Å². The first-order chi connectivity index (χ1) is 6.35. The molecule has 0 aliphatic carbocycles. The van der Waals surface area contributed by atoms with E-state index in [1.807, 2.05) is 11.9 Å². The Hall–Kier alpha value is -0.570. The van der Waals surface area contributed by atoms with Crippen LogP contribution >= 0.6 is 0 Å². The van der Waals surface area contributed by atoms with Crippen molar-refractivity contribution in [2.24, 2.45) is 5.92 Å². The van der Waals surface area contributed by atoms with Crippen molar-refractivity contribution in [2.75, 3.05) is 26.7 Å². The lowest BCUT2D eigenvalue weighted by molar-refractivity contribution is -0.137. The van der Waals surface area contributed by atoms with Gasteiger partial charge in [-0.05, 0) is 19.8 Å². The number of carbonyl (C=O) groups is 1. The van der Waals surface area contributed by atoms with Gasteiger partial charge >= 0.3 is 0 Å². The summed E-state index contributed by atoms with van der Waals surface area (Å²) in [5.41, 5.74) is 0.122. The molecule has 3 nitrogen and oxygen atoms in total. The largest absolute Gasteiger partial charge is 0.343 e. The number of rotatable bonds is 2. The van der Waals surface area contributed by atoms with Crippen molar-refractivity contribution >= 4 is 5.91 Å². The Labute approximate surface area is 87.1 Å². The normalized spacial score (nSPS) is 20.7. The molecule has 0 bridgehead atoms. The van der Waals surface area contributed by atoms with Gasteiger partial charge in [0.15, 0.2) is 0 Å². The molecular formula is C11H22N2O. The number of likely N-dealkylation sites (N-methyl/N-ethyl adjacent to an activating group) is 1. The minimum absolute atomic E-state index is 0.122. The van der Waals surface area contributed by atoms with Gasteiger partial charge in [0.2, 0.25) is 5.91 Å². The molecule has 1 fully saturated rings. The zero-order valence-electron chi connectivity index (χ0n) is 10.0. The van der Waals surface area contributed by atoms with E-state index in [9.17, 15) is 4.79 Å². The second-order valence-corrected chi connectivity index (χ2v) is 5.05. The maximum atomic E-state index is 11.6. The number of nitrogens with zero attached hydrogens (tertiary/aromatic N) is 2. The molecule has 0 aromatic carbocycles. The highest BCUT2D eigenvalue weighted by Gasteiger charge is 2.34. The molecule has 0 aromatic heterocycles. The van der Waals surface area contributed by atoms with Crippen molar-refractivity contribution in [3.63, 3.8) is 0 Å². The van der Waals surface area contributed by atoms with Gasteiger partial charge in [0, 0.05) is 25.7 Å². The van der Waals surface area contributed by atoms with Crippen LogP contribution in [0.15, 0.2) is 0 Å². The van der Waals surface area contributed by atoms with Crippen molar-refractivity contribution in [1.29, 1.82) is 0 Å². The molecule has 1 aliphatic rings. The van der Waals surface area contributed by atoms with Crippen molar-refractivity contribution in [3.8, 4) is 0 Å². The van der Waals surface area contributed by atoms with E-state index in [2.05, 4.69) is 32.6 Å². The van der Waals surface area contributed by atoms with Crippen LogP contribution < -0.4 is 0 Å². The SMILES string of the molecule is CC(C)C(C)(C)N1CCN(C)C(=O)C1. The first-order valence-electron chi connectivity index (χ1n) is 5.34. The lowest BCUT2D eigenvalue weighted by atomic mass is 9.88. The quantitative estimate of drug-likeness (QED) is 0.665. The van der Waals surface area contributed by atoms with Crippen LogP contribution in [-0.2, 0) is 4.79 Å². The predicted octanol–water partition coefficient (Wildman–Crippen LogP) is 1.19. The van der Waals surface area contributed by atoms with E-state index in [0.29, 0.717) is 12.5 Å². The van der Waals surface area contributed by atoms with E-state index in [0.717, 1.165) is 13.1 Å². The van der Waals surface area contributed by atoms with Gasteiger partial charge in [0.05, 0.1) is 6.54 Å². The fourth-order valence-electron chi connectivity index (χ4n) is 1.62. The Bertz CT molecular complexity index is 223. The molecule has 82 valence electrons. The topological polar surface area (TPSA) is 23.6 Å². The molecule has 1 amide bonds. The molecule has 1 heterocycles. The van der Waals surface area contributed by atoms with E-state index < -0.39 is 0 Å². The van der Waals surface area contributed by atoms with Crippen LogP contribution in [0.4, 0.5) is 0 Å². The molecule has 3 heteroatoms. The zero-order chi connectivity index (χ0) is 10.9. The molecule has 1 saturated heterocycles. The lowest BCUT2D eigenvalue weighted by Gasteiger charge is -2.45. The molecule has 0 radical (unpaired) electrons. The summed E-state index contributed by atoms with van der Waals surface area (Å²) in [7, 11) is 1.88. The summed E-state index contributed by atoms with van der Waals surface area (Å²) in [4.78, 5) is 15.7. The van der Waals surface area contributed by atoms with Crippen molar-refractivity contribution < 1.29 is 4.79 Å². The molecular weight excluding hydrogens is 176 g/mol. The third-order valence-electron chi connectivity index (χ3n) is 3.69. The number of hydrogen-bond acceptors (Lipinski definition) is 2. The van der Waals surface area contributed by atoms with Gasteiger partial charge in [-0.3, -0.25) is 9.69 Å². The highest BCUT2D eigenvalue weighted by atomic mass is 16.2. The highest BCUT2D eigenvalue weighted by molar-refractivity contribution is 5.78. The zero-order valence-corrected chi connectivity index (χ0v) is 10.0. The Morgan fingerprint density at radius 1 is 1.29 bits per heavy atom. The second kappa shape index (κ2) is 3.89. The Morgan fingerprint density at radius 3 is 2.29 bits per heavy atom. The number of hydrogen-bond donors (Lipinski definition) is 0. The molecule has 0 atom stereocenters. The van der Waals surface area contributed by atoms with Crippen LogP contribution in [0.5, 0.6) is 0 Å². The third-order valence-corrected chi connectivity index (χ3v) is 3.69. The number of amides is 1. The number of carbonyl (C=O) groups excluding carboxylic acids is 1. The van der Waals surface area contributed by atoms with Crippen LogP contribution in [0.3, 0.4) is 0 Å². The fraction of sp³-hybridized carbons (Fsp3) is 0.909. The minimum Gasteiger partial charge on any atom is -0.343 e. The fourth-order valence-corrected chi connectivity index (χ4v) is 1.62. The number of piperazine rings is 1. The average molecular weight is 198 g/mol. The maximum absolute atomic E-state index is 11.6. The van der Waals surface area contributed by atoms with Crippen LogP contribution in [-0.4, -0.2) is 47.9 Å². The monoisotopic (exact) mass is 198 g/mol. The standard InChI is InChI=1S/C11H22N2O/c1-9(2)11(3,4)13-7-6-12(5)10(14)8-13/h9H,6-8H2,1-5H3. The van der Waals surface area contributed by atoms with Crippen molar-refractivity contribution in [3.05, 3.63) is 0 Å². The summed E-state index contributed by atoms with van der Waals surface area (Å²) in [5, 5.41) is 0. The Morgan fingerprint density at radius 2 is 1.86 bits per heavy atom. The second-order valence-electron chi connectivity index (χ2n) is 5.05. The van der Waals surface area contributed by atoms with Crippen molar-refractivity contribution in [1.82, 2.24) is 9.80 Å². The summed E-state index contributed by atoms with van der Waals surface area (Å²) >= 11 is 0. The molecule has 1 aliphatic heterocycles. The molecule has 0 N–H and O–H groups in total.